The number of nitrogens with one attached hydrogen (secondary N) is 1. The maximum atomic E-state index is 3.43. The Morgan fingerprint density at radius 1 is 2.00 bits per heavy atom. The molecule has 0 aliphatic carbocycles. The first kappa shape index (κ1) is 5.21. The van der Waals surface area contributed by atoms with Gasteiger partial charge < -0.3 is 5.32 Å². The molecule has 0 aromatic carbocycles. The molecule has 2 nitrogen and oxygen atoms in total. The van der Waals surface area contributed by atoms with E-state index in [1.165, 1.54) is 0 Å². The lowest BCUT2D eigenvalue weighted by Gasteiger charge is -1.76. The number of hydrogen-bond acceptors (Lipinski definition) is 2. The molecule has 0 aromatic heterocycles. The Bertz CT molecular complexity index is 60.7. The van der Waals surface area contributed by atoms with Gasteiger partial charge in [-0.15, -0.1) is 0 Å². The molecule has 0 aromatic rings. The molecule has 0 spiro atoms. The molecule has 0 amide bonds. The van der Waals surface area contributed by atoms with Gasteiger partial charge in [-0.2, -0.15) is 0 Å². The van der Waals surface area contributed by atoms with Gasteiger partial charge in [-0.05, 0) is 6.72 Å². The van der Waals surface area contributed by atoms with Gasteiger partial charge in [0.1, 0.15) is 0 Å². The molecule has 1 N–H and O–H groups in total. The maximum absolute atomic E-state index is 3.43. The van der Waals surface area contributed by atoms with Crippen LogP contribution in [0.15, 0.2) is 17.4 Å². The Hall–Kier alpha value is -0.790. The third-order valence-electron chi connectivity index (χ3n) is 0.347. The number of aliphatic imine (C=N–C) groups is 1. The van der Waals surface area contributed by atoms with Crippen LogP contribution in [0.2, 0.25) is 0 Å². The molecule has 0 rings (SSSR count). The van der Waals surface area contributed by atoms with Crippen molar-refractivity contribution >= 4 is 6.72 Å². The van der Waals surface area contributed by atoms with E-state index in [0.717, 1.165) is 0 Å². The van der Waals surface area contributed by atoms with E-state index in [-0.39, 0.29) is 1.43 Å². The maximum Gasteiger partial charge on any atom is 0.0417 e. The minimum absolute atomic E-state index is 0. The van der Waals surface area contributed by atoms with Crippen molar-refractivity contribution in [1.82, 2.24) is 5.32 Å². The Balaban J connectivity index is 0. The minimum Gasteiger partial charge on any atom is -0.393 e. The van der Waals surface area contributed by atoms with Crippen LogP contribution in [-0.2, 0) is 0 Å². The zero-order chi connectivity index (χ0) is 4.83. The van der Waals surface area contributed by atoms with Crippen molar-refractivity contribution in [2.45, 2.75) is 0 Å². The lowest BCUT2D eigenvalue weighted by atomic mass is 10.9. The van der Waals surface area contributed by atoms with Crippen LogP contribution < -0.4 is 5.32 Å². The van der Waals surface area contributed by atoms with Gasteiger partial charge in [-0.1, -0.05) is 0 Å². The zero-order valence-electron chi connectivity index (χ0n) is 3.81. The van der Waals surface area contributed by atoms with Crippen LogP contribution >= 0.6 is 0 Å². The number of hydrogen-bond donors (Lipinski definition) is 1. The predicted octanol–water partition coefficient (Wildman–Crippen LogP) is 0.624. The van der Waals surface area contributed by atoms with Gasteiger partial charge in [0.15, 0.2) is 0 Å². The molecule has 36 valence electrons. The topological polar surface area (TPSA) is 24.4 Å². The third-order valence-corrected chi connectivity index (χ3v) is 0.347. The van der Waals surface area contributed by atoms with Crippen molar-refractivity contribution in [3.8, 4) is 0 Å². The second kappa shape index (κ2) is 4.21. The van der Waals surface area contributed by atoms with Crippen LogP contribution in [0.25, 0.3) is 0 Å². The van der Waals surface area contributed by atoms with Gasteiger partial charge in [0.05, 0.1) is 0 Å². The number of rotatable bonds is 2. The Morgan fingerprint density at radius 2 is 2.67 bits per heavy atom. The van der Waals surface area contributed by atoms with Crippen molar-refractivity contribution in [2.24, 2.45) is 4.99 Å². The quantitative estimate of drug-likeness (QED) is 0.489. The lowest BCUT2D eigenvalue weighted by molar-refractivity contribution is 1.10. The SMILES string of the molecule is C=N/C=C\NC.[HH]. The molecule has 0 radical (unpaired) electrons. The molecule has 0 aliphatic rings. The normalized spacial score (nSPS) is 8.83. The summed E-state index contributed by atoms with van der Waals surface area (Å²) in [4.78, 5) is 3.43. The second-order valence-electron chi connectivity index (χ2n) is 0.787. The van der Waals surface area contributed by atoms with Gasteiger partial charge in [0.2, 0.25) is 0 Å². The Morgan fingerprint density at radius 3 is 2.83 bits per heavy atom. The van der Waals surface area contributed by atoms with Crippen LogP contribution in [0, 0.1) is 0 Å². The first-order valence-electron chi connectivity index (χ1n) is 1.70. The minimum atomic E-state index is 0. The second-order valence-corrected chi connectivity index (χ2v) is 0.787. The van der Waals surface area contributed by atoms with E-state index in [2.05, 4.69) is 17.0 Å². The predicted molar refractivity (Wildman–Crippen MR) is 29.9 cm³/mol. The van der Waals surface area contributed by atoms with E-state index >= 15 is 0 Å². The van der Waals surface area contributed by atoms with Crippen molar-refractivity contribution in [3.05, 3.63) is 12.4 Å². The Kier molecular flexibility index (Phi) is 3.66. The fourth-order valence-electron chi connectivity index (χ4n) is 0.127. The van der Waals surface area contributed by atoms with Gasteiger partial charge in [0, 0.05) is 20.9 Å². The van der Waals surface area contributed by atoms with E-state index in [1.54, 1.807) is 12.4 Å². The average molecular weight is 86.1 g/mol. The van der Waals surface area contributed by atoms with E-state index in [4.69, 9.17) is 0 Å². The van der Waals surface area contributed by atoms with Crippen LogP contribution in [0.1, 0.15) is 1.43 Å². The summed E-state index contributed by atoms with van der Waals surface area (Å²) in [5.74, 6) is 0. The van der Waals surface area contributed by atoms with Gasteiger partial charge >= 0.3 is 0 Å². The highest BCUT2D eigenvalue weighted by molar-refractivity contribution is 5.25. The molecule has 0 fully saturated rings. The largest absolute Gasteiger partial charge is 0.393 e. The summed E-state index contributed by atoms with van der Waals surface area (Å²) in [6, 6.07) is 0. The van der Waals surface area contributed by atoms with Crippen molar-refractivity contribution in [2.75, 3.05) is 7.05 Å². The van der Waals surface area contributed by atoms with E-state index in [9.17, 15) is 0 Å². The zero-order valence-corrected chi connectivity index (χ0v) is 3.81. The fourth-order valence-corrected chi connectivity index (χ4v) is 0.127. The highest BCUT2D eigenvalue weighted by Gasteiger charge is 1.50. The summed E-state index contributed by atoms with van der Waals surface area (Å²) in [5, 5.41) is 2.75. The molecule has 6 heavy (non-hydrogen) atoms. The summed E-state index contributed by atoms with van der Waals surface area (Å²) in [7, 11) is 1.81. The summed E-state index contributed by atoms with van der Waals surface area (Å²) >= 11 is 0. The smallest absolute Gasteiger partial charge is 0.0417 e. The molecule has 0 unspecified atom stereocenters. The highest BCUT2D eigenvalue weighted by Crippen LogP contribution is 1.60. The van der Waals surface area contributed by atoms with Gasteiger partial charge in [0.25, 0.3) is 0 Å². The van der Waals surface area contributed by atoms with Crippen LogP contribution in [0.3, 0.4) is 0 Å². The summed E-state index contributed by atoms with van der Waals surface area (Å²) in [6.07, 6.45) is 3.28. The fraction of sp³-hybridized carbons (Fsp3) is 0.250. The molecule has 0 saturated carbocycles. The van der Waals surface area contributed by atoms with Gasteiger partial charge in [-0.3, -0.25) is 4.99 Å². The summed E-state index contributed by atoms with van der Waals surface area (Å²) in [6.45, 7) is 3.22. The summed E-state index contributed by atoms with van der Waals surface area (Å²) < 4.78 is 0. The highest BCUT2D eigenvalue weighted by atomic mass is 14.8. The number of nitrogens with zero attached hydrogens (tertiary/aromatic N) is 1. The lowest BCUT2D eigenvalue weighted by Crippen LogP contribution is -1.89. The van der Waals surface area contributed by atoms with Crippen LogP contribution in [0.5, 0.6) is 0 Å². The first-order valence-corrected chi connectivity index (χ1v) is 1.70. The first-order chi connectivity index (χ1) is 2.91. The van der Waals surface area contributed by atoms with Crippen molar-refractivity contribution in [3.63, 3.8) is 0 Å². The van der Waals surface area contributed by atoms with Crippen LogP contribution in [0.4, 0.5) is 0 Å². The molecular formula is C4H10N2. The van der Waals surface area contributed by atoms with E-state index in [1.807, 2.05) is 7.05 Å². The van der Waals surface area contributed by atoms with Crippen LogP contribution in [-0.4, -0.2) is 13.8 Å². The molecule has 0 aliphatic heterocycles. The molecule has 0 atom stereocenters. The molecule has 0 bridgehead atoms. The molecule has 0 saturated heterocycles. The molecule has 0 heterocycles. The Labute approximate surface area is 39.1 Å². The third kappa shape index (κ3) is 3.21. The van der Waals surface area contributed by atoms with Gasteiger partial charge in [-0.25, -0.2) is 0 Å². The molecular weight excluding hydrogens is 76.1 g/mol. The molecule has 2 heteroatoms. The van der Waals surface area contributed by atoms with E-state index < -0.39 is 0 Å². The summed E-state index contributed by atoms with van der Waals surface area (Å²) in [5.41, 5.74) is 0. The standard InChI is InChI=1S/C4H8N2.H2/c1-5-3-4-6-2;/h3-4,6H,1H2,2H3;1H/b4-3-;. The van der Waals surface area contributed by atoms with Crippen molar-refractivity contribution < 1.29 is 1.43 Å². The monoisotopic (exact) mass is 86.1 g/mol. The van der Waals surface area contributed by atoms with E-state index in [0.29, 0.717) is 0 Å². The van der Waals surface area contributed by atoms with Crippen molar-refractivity contribution in [1.29, 1.82) is 0 Å². The average Bonchev–Trinajstić information content (AvgIpc) is 1.61.